The number of aryl methyl sites for hydroxylation is 4. The monoisotopic (exact) mass is 403 g/mol. The number of rotatable bonds is 4. The maximum atomic E-state index is 12.9. The Kier molecular flexibility index (Phi) is 4.76. The molecule has 1 amide bonds. The van der Waals surface area contributed by atoms with Crippen LogP contribution in [0, 0.1) is 13.8 Å². The van der Waals surface area contributed by atoms with Crippen LogP contribution in [0.15, 0.2) is 18.2 Å². The lowest BCUT2D eigenvalue weighted by Gasteiger charge is -2.11. The molecule has 0 bridgehead atoms. The fourth-order valence-corrected chi connectivity index (χ4v) is 3.80. The lowest BCUT2D eigenvalue weighted by molar-refractivity contribution is -0.144. The van der Waals surface area contributed by atoms with Crippen molar-refractivity contribution in [2.75, 3.05) is 5.32 Å². The van der Waals surface area contributed by atoms with Gasteiger partial charge in [-0.2, -0.15) is 18.2 Å². The van der Waals surface area contributed by atoms with Gasteiger partial charge in [0.25, 0.3) is 11.6 Å². The van der Waals surface area contributed by atoms with Crippen molar-refractivity contribution in [2.24, 2.45) is 0 Å². The molecule has 4 rings (SSSR count). The molecule has 6 nitrogen and oxygen atoms in total. The number of benzene rings is 1. The van der Waals surface area contributed by atoms with Crippen LogP contribution in [0.5, 0.6) is 0 Å². The fourth-order valence-electron chi connectivity index (χ4n) is 3.80. The molecule has 2 aromatic heterocycles. The van der Waals surface area contributed by atoms with Crippen LogP contribution in [0.1, 0.15) is 46.7 Å². The molecular formula is C20H20F3N5O. The molecule has 152 valence electrons. The van der Waals surface area contributed by atoms with Crippen molar-refractivity contribution >= 4 is 17.4 Å². The molecular weight excluding hydrogens is 383 g/mol. The average Bonchev–Trinajstić information content (AvgIpc) is 3.27. The minimum Gasteiger partial charge on any atom is -0.326 e. The van der Waals surface area contributed by atoms with Crippen molar-refractivity contribution in [1.29, 1.82) is 0 Å². The predicted molar refractivity (Wildman–Crippen MR) is 101 cm³/mol. The van der Waals surface area contributed by atoms with Gasteiger partial charge in [0.15, 0.2) is 0 Å². The summed E-state index contributed by atoms with van der Waals surface area (Å²) in [7, 11) is 0. The van der Waals surface area contributed by atoms with E-state index in [-0.39, 0.29) is 18.1 Å². The van der Waals surface area contributed by atoms with Crippen LogP contribution in [0.4, 0.5) is 18.9 Å². The molecule has 0 saturated carbocycles. The van der Waals surface area contributed by atoms with Gasteiger partial charge < -0.3 is 5.32 Å². The summed E-state index contributed by atoms with van der Waals surface area (Å²) < 4.78 is 39.7. The molecule has 0 unspecified atom stereocenters. The van der Waals surface area contributed by atoms with Gasteiger partial charge in [0.2, 0.25) is 5.91 Å². The van der Waals surface area contributed by atoms with E-state index in [0.29, 0.717) is 23.4 Å². The number of nitrogens with one attached hydrogen (secondary N) is 1. The third kappa shape index (κ3) is 3.81. The second kappa shape index (κ2) is 7.13. The number of anilines is 1. The van der Waals surface area contributed by atoms with Crippen molar-refractivity contribution < 1.29 is 18.0 Å². The highest BCUT2D eigenvalue weighted by Gasteiger charge is 2.37. The predicted octanol–water partition coefficient (Wildman–Crippen LogP) is 3.82. The molecule has 0 saturated heterocycles. The van der Waals surface area contributed by atoms with E-state index in [0.717, 1.165) is 29.5 Å². The summed E-state index contributed by atoms with van der Waals surface area (Å²) in [5, 5.41) is 6.43. The molecule has 1 aliphatic carbocycles. The first-order valence-electron chi connectivity index (χ1n) is 9.44. The zero-order chi connectivity index (χ0) is 20.8. The van der Waals surface area contributed by atoms with E-state index in [4.69, 9.17) is 0 Å². The zero-order valence-corrected chi connectivity index (χ0v) is 16.1. The number of carbonyl (C=O) groups excluding carboxylic acids is 1. The topological polar surface area (TPSA) is 72.2 Å². The van der Waals surface area contributed by atoms with Crippen LogP contribution >= 0.6 is 0 Å². The van der Waals surface area contributed by atoms with E-state index >= 15 is 0 Å². The minimum atomic E-state index is -4.63. The highest BCUT2D eigenvalue weighted by atomic mass is 19.4. The Morgan fingerprint density at radius 1 is 1.17 bits per heavy atom. The summed E-state index contributed by atoms with van der Waals surface area (Å²) in [4.78, 5) is 20.0. The summed E-state index contributed by atoms with van der Waals surface area (Å²) in [6, 6.07) is 5.96. The molecule has 1 N–H and O–H groups in total. The molecule has 2 heterocycles. The summed E-state index contributed by atoms with van der Waals surface area (Å²) in [6.45, 7) is 3.35. The molecule has 0 radical (unpaired) electrons. The second-order valence-corrected chi connectivity index (χ2v) is 7.29. The van der Waals surface area contributed by atoms with E-state index in [1.54, 1.807) is 13.8 Å². The Hall–Kier alpha value is -2.97. The number of carbonyl (C=O) groups is 1. The molecule has 0 aliphatic heterocycles. The van der Waals surface area contributed by atoms with E-state index in [1.807, 2.05) is 18.2 Å². The van der Waals surface area contributed by atoms with Crippen LogP contribution in [0.2, 0.25) is 0 Å². The summed E-state index contributed by atoms with van der Waals surface area (Å²) >= 11 is 0. The number of aromatic nitrogens is 4. The first-order chi connectivity index (χ1) is 13.7. The Morgan fingerprint density at radius 2 is 1.93 bits per heavy atom. The first kappa shape index (κ1) is 19.4. The van der Waals surface area contributed by atoms with Crippen LogP contribution < -0.4 is 5.32 Å². The van der Waals surface area contributed by atoms with Gasteiger partial charge in [0.05, 0.1) is 0 Å². The highest BCUT2D eigenvalue weighted by molar-refractivity contribution is 5.91. The molecule has 29 heavy (non-hydrogen) atoms. The Balaban J connectivity index is 1.49. The molecule has 0 spiro atoms. The smallest absolute Gasteiger partial charge is 0.326 e. The van der Waals surface area contributed by atoms with Crippen LogP contribution in [-0.2, 0) is 30.2 Å². The molecule has 9 heteroatoms. The number of hydrogen-bond acceptors (Lipinski definition) is 4. The van der Waals surface area contributed by atoms with Gasteiger partial charge in [-0.1, -0.05) is 6.07 Å². The van der Waals surface area contributed by atoms with Gasteiger partial charge in [-0.25, -0.2) is 9.50 Å². The van der Waals surface area contributed by atoms with Gasteiger partial charge in [-0.05, 0) is 68.4 Å². The minimum absolute atomic E-state index is 0.0985. The fraction of sp³-hybridized carbons (Fsp3) is 0.400. The average molecular weight is 403 g/mol. The van der Waals surface area contributed by atoms with Gasteiger partial charge in [-0.3, -0.25) is 4.79 Å². The summed E-state index contributed by atoms with van der Waals surface area (Å²) in [6.07, 6.45) is -0.856. The number of halogens is 3. The maximum absolute atomic E-state index is 12.9. The SMILES string of the molecule is Cc1nc2nc(C(F)(F)F)nn2c(C)c1CCC(=O)Nc1ccc2c(c1)CCC2. The zero-order valence-electron chi connectivity index (χ0n) is 16.1. The van der Waals surface area contributed by atoms with Crippen LogP contribution in [0.3, 0.4) is 0 Å². The maximum Gasteiger partial charge on any atom is 0.453 e. The third-order valence-electron chi connectivity index (χ3n) is 5.29. The molecule has 3 aromatic rings. The lowest BCUT2D eigenvalue weighted by atomic mass is 10.1. The largest absolute Gasteiger partial charge is 0.453 e. The molecule has 0 atom stereocenters. The molecule has 1 aromatic carbocycles. The van der Waals surface area contributed by atoms with Gasteiger partial charge in [-0.15, -0.1) is 5.10 Å². The Morgan fingerprint density at radius 3 is 2.69 bits per heavy atom. The van der Waals surface area contributed by atoms with E-state index < -0.39 is 12.0 Å². The number of nitrogens with zero attached hydrogens (tertiary/aromatic N) is 4. The van der Waals surface area contributed by atoms with Crippen LogP contribution in [-0.4, -0.2) is 25.5 Å². The standard InChI is InChI=1S/C20H20F3N5O/c1-11-16(12(2)28-19(24-11)26-18(27-28)20(21,22)23)8-9-17(29)25-15-7-6-13-4-3-5-14(13)10-15/h6-7,10H,3-5,8-9H2,1-2H3,(H,25,29). The van der Waals surface area contributed by atoms with Gasteiger partial charge in [0.1, 0.15) is 0 Å². The van der Waals surface area contributed by atoms with Crippen molar-refractivity contribution in [3.05, 3.63) is 52.1 Å². The highest BCUT2D eigenvalue weighted by Crippen LogP contribution is 2.27. The Bertz CT molecular complexity index is 1100. The van der Waals surface area contributed by atoms with Crippen molar-refractivity contribution in [1.82, 2.24) is 19.6 Å². The van der Waals surface area contributed by atoms with Crippen LogP contribution in [0.25, 0.3) is 5.78 Å². The lowest BCUT2D eigenvalue weighted by Crippen LogP contribution is -2.14. The summed E-state index contributed by atoms with van der Waals surface area (Å²) in [5.41, 5.74) is 5.11. The number of hydrogen-bond donors (Lipinski definition) is 1. The first-order valence-corrected chi connectivity index (χ1v) is 9.44. The van der Waals surface area contributed by atoms with Crippen molar-refractivity contribution in [2.45, 2.75) is 52.1 Å². The van der Waals surface area contributed by atoms with E-state index in [9.17, 15) is 18.0 Å². The van der Waals surface area contributed by atoms with Gasteiger partial charge >= 0.3 is 6.18 Å². The summed E-state index contributed by atoms with van der Waals surface area (Å²) in [5.74, 6) is -1.48. The van der Waals surface area contributed by atoms with Crippen molar-refractivity contribution in [3.63, 3.8) is 0 Å². The second-order valence-electron chi connectivity index (χ2n) is 7.29. The van der Waals surface area contributed by atoms with E-state index in [2.05, 4.69) is 20.4 Å². The normalized spacial score (nSPS) is 13.7. The van der Waals surface area contributed by atoms with Gasteiger partial charge in [0, 0.05) is 23.5 Å². The quantitative estimate of drug-likeness (QED) is 0.719. The number of alkyl halides is 3. The Labute approximate surface area is 165 Å². The number of amides is 1. The molecule has 1 aliphatic rings. The third-order valence-corrected chi connectivity index (χ3v) is 5.29. The number of fused-ring (bicyclic) bond motifs is 2. The molecule has 0 fully saturated rings. The van der Waals surface area contributed by atoms with Crippen molar-refractivity contribution in [3.8, 4) is 0 Å². The van der Waals surface area contributed by atoms with E-state index in [1.165, 1.54) is 11.1 Å².